The maximum Gasteiger partial charge on any atom is 0.144 e. The molecule has 0 aliphatic heterocycles. The Balaban J connectivity index is 1.83. The van der Waals surface area contributed by atoms with Gasteiger partial charge in [0.2, 0.25) is 0 Å². The lowest BCUT2D eigenvalue weighted by atomic mass is 10.1. The van der Waals surface area contributed by atoms with Gasteiger partial charge in [-0.25, -0.2) is 0 Å². The first-order chi connectivity index (χ1) is 14.5. The number of aryl methyl sites for hydroxylation is 1. The summed E-state index contributed by atoms with van der Waals surface area (Å²) in [5.41, 5.74) is 2.39. The minimum absolute atomic E-state index is 0.0205. The molecular weight excluding hydrogens is 374 g/mol. The van der Waals surface area contributed by atoms with Crippen LogP contribution in [0.4, 0.5) is 5.69 Å². The molecule has 1 aromatic heterocycles. The zero-order chi connectivity index (χ0) is 21.5. The average Bonchev–Trinajstić information content (AvgIpc) is 3.56. The topological polar surface area (TPSA) is 84.3 Å². The van der Waals surface area contributed by atoms with Crippen molar-refractivity contribution in [2.45, 2.75) is 45.1 Å². The van der Waals surface area contributed by atoms with E-state index in [0.29, 0.717) is 11.4 Å². The number of nitrogens with zero attached hydrogens (tertiary/aromatic N) is 2. The third-order valence-corrected chi connectivity index (χ3v) is 5.57. The highest BCUT2D eigenvalue weighted by atomic mass is 16.3. The SMILES string of the molecule is C=C(NC(CCNC)CCC1CC1)N(C(=N)c1ccncc1O)c1ccc(C)cc1. The fourth-order valence-electron chi connectivity index (χ4n) is 3.57. The van der Waals surface area contributed by atoms with Crippen LogP contribution in [0.1, 0.15) is 43.2 Å². The van der Waals surface area contributed by atoms with Crippen molar-refractivity contribution < 1.29 is 5.11 Å². The normalized spacial score (nSPS) is 14.2. The van der Waals surface area contributed by atoms with Crippen LogP contribution < -0.4 is 15.5 Å². The molecule has 6 nitrogen and oxygen atoms in total. The van der Waals surface area contributed by atoms with Crippen molar-refractivity contribution in [2.24, 2.45) is 5.92 Å². The quantitative estimate of drug-likeness (QED) is 0.332. The van der Waals surface area contributed by atoms with E-state index < -0.39 is 0 Å². The molecule has 1 saturated carbocycles. The van der Waals surface area contributed by atoms with Crippen molar-refractivity contribution >= 4 is 11.5 Å². The molecule has 160 valence electrons. The third-order valence-electron chi connectivity index (χ3n) is 5.57. The highest BCUT2D eigenvalue weighted by Crippen LogP contribution is 2.34. The van der Waals surface area contributed by atoms with Gasteiger partial charge in [0.25, 0.3) is 0 Å². The number of aromatic nitrogens is 1. The Morgan fingerprint density at radius 1 is 1.27 bits per heavy atom. The zero-order valence-corrected chi connectivity index (χ0v) is 18.0. The van der Waals surface area contributed by atoms with E-state index in [9.17, 15) is 5.11 Å². The summed E-state index contributed by atoms with van der Waals surface area (Å²) in [7, 11) is 1.97. The van der Waals surface area contributed by atoms with E-state index in [1.807, 2.05) is 38.2 Å². The molecule has 0 bridgehead atoms. The van der Waals surface area contributed by atoms with E-state index in [1.54, 1.807) is 17.2 Å². The molecule has 0 spiro atoms. The third kappa shape index (κ3) is 5.83. The van der Waals surface area contributed by atoms with Crippen molar-refractivity contribution in [3.8, 4) is 5.75 Å². The van der Waals surface area contributed by atoms with Gasteiger partial charge < -0.3 is 15.7 Å². The molecule has 1 heterocycles. The standard InChI is InChI=1S/C24H33N5O/c1-17-4-10-21(11-5-17)29(24(25)22-13-15-27-16-23(22)30)18(2)28-20(12-14-26-3)9-8-19-6-7-19/h4-5,10-11,13,15-16,19-20,25-26,28,30H,2,6-9,12,14H2,1,3H3. The molecule has 30 heavy (non-hydrogen) atoms. The van der Waals surface area contributed by atoms with Crippen molar-refractivity contribution in [3.63, 3.8) is 0 Å². The van der Waals surface area contributed by atoms with Crippen LogP contribution in [0.2, 0.25) is 0 Å². The molecule has 1 aromatic carbocycles. The first kappa shape index (κ1) is 21.8. The summed E-state index contributed by atoms with van der Waals surface area (Å²) in [5.74, 6) is 1.65. The van der Waals surface area contributed by atoms with Crippen LogP contribution in [0, 0.1) is 18.3 Å². The summed E-state index contributed by atoms with van der Waals surface area (Å²) in [6, 6.07) is 9.90. The van der Waals surface area contributed by atoms with Crippen molar-refractivity contribution in [1.82, 2.24) is 15.6 Å². The van der Waals surface area contributed by atoms with Crippen LogP contribution in [0.25, 0.3) is 0 Å². The van der Waals surface area contributed by atoms with Crippen LogP contribution in [-0.2, 0) is 0 Å². The minimum atomic E-state index is -0.0205. The summed E-state index contributed by atoms with van der Waals surface area (Å²) >= 11 is 0. The Morgan fingerprint density at radius 2 is 2.00 bits per heavy atom. The number of rotatable bonds is 11. The number of hydrogen-bond donors (Lipinski definition) is 4. The minimum Gasteiger partial charge on any atom is -0.506 e. The van der Waals surface area contributed by atoms with E-state index in [-0.39, 0.29) is 17.6 Å². The maximum absolute atomic E-state index is 10.3. The molecule has 4 N–H and O–H groups in total. The zero-order valence-electron chi connectivity index (χ0n) is 18.0. The summed E-state index contributed by atoms with van der Waals surface area (Å²) in [4.78, 5) is 5.70. The Labute approximate surface area is 179 Å². The Hall–Kier alpha value is -2.86. The highest BCUT2D eigenvalue weighted by Gasteiger charge is 2.25. The Kier molecular flexibility index (Phi) is 7.46. The molecule has 1 atom stereocenters. The van der Waals surface area contributed by atoms with Gasteiger partial charge in [-0.2, -0.15) is 0 Å². The number of amidine groups is 1. The van der Waals surface area contributed by atoms with E-state index >= 15 is 0 Å². The number of pyridine rings is 1. The van der Waals surface area contributed by atoms with Crippen LogP contribution in [0.5, 0.6) is 5.75 Å². The first-order valence-electron chi connectivity index (χ1n) is 10.7. The smallest absolute Gasteiger partial charge is 0.144 e. The van der Waals surface area contributed by atoms with Crippen LogP contribution >= 0.6 is 0 Å². The molecule has 0 saturated heterocycles. The number of hydrogen-bond acceptors (Lipinski definition) is 5. The largest absolute Gasteiger partial charge is 0.506 e. The second kappa shape index (κ2) is 10.3. The van der Waals surface area contributed by atoms with Gasteiger partial charge in [0.05, 0.1) is 11.8 Å². The fraction of sp³-hybridized carbons (Fsp3) is 0.417. The fourth-order valence-corrected chi connectivity index (χ4v) is 3.57. The Bertz CT molecular complexity index is 860. The molecule has 1 fully saturated rings. The molecule has 1 aliphatic carbocycles. The number of anilines is 1. The van der Waals surface area contributed by atoms with E-state index in [4.69, 9.17) is 5.41 Å². The van der Waals surface area contributed by atoms with E-state index in [0.717, 1.165) is 36.6 Å². The molecule has 0 amide bonds. The van der Waals surface area contributed by atoms with Gasteiger partial charge in [0.15, 0.2) is 0 Å². The molecule has 6 heteroatoms. The Morgan fingerprint density at radius 3 is 2.63 bits per heavy atom. The molecule has 0 radical (unpaired) electrons. The first-order valence-corrected chi connectivity index (χ1v) is 10.7. The summed E-state index contributed by atoms with van der Waals surface area (Å²) in [6.45, 7) is 7.23. The van der Waals surface area contributed by atoms with Gasteiger partial charge in [-0.1, -0.05) is 37.1 Å². The number of aromatic hydroxyl groups is 1. The summed E-state index contributed by atoms with van der Waals surface area (Å²) in [5, 5.41) is 25.9. The highest BCUT2D eigenvalue weighted by molar-refractivity contribution is 6.11. The average molecular weight is 408 g/mol. The molecule has 1 unspecified atom stereocenters. The van der Waals surface area contributed by atoms with Gasteiger partial charge in [-0.15, -0.1) is 0 Å². The summed E-state index contributed by atoms with van der Waals surface area (Å²) in [6.07, 6.45) is 8.93. The van der Waals surface area contributed by atoms with E-state index in [1.165, 1.54) is 25.5 Å². The second-order valence-electron chi connectivity index (χ2n) is 8.11. The number of benzene rings is 1. The van der Waals surface area contributed by atoms with Crippen molar-refractivity contribution in [3.05, 3.63) is 66.3 Å². The van der Waals surface area contributed by atoms with Gasteiger partial charge in [-0.3, -0.25) is 15.3 Å². The van der Waals surface area contributed by atoms with Crippen molar-refractivity contribution in [2.75, 3.05) is 18.5 Å². The van der Waals surface area contributed by atoms with Gasteiger partial charge in [0, 0.05) is 17.9 Å². The predicted octanol–water partition coefficient (Wildman–Crippen LogP) is 4.16. The maximum atomic E-state index is 10.3. The predicted molar refractivity (Wildman–Crippen MR) is 123 cm³/mol. The van der Waals surface area contributed by atoms with Crippen molar-refractivity contribution in [1.29, 1.82) is 5.41 Å². The number of nitrogens with one attached hydrogen (secondary N) is 3. The lowest BCUT2D eigenvalue weighted by Gasteiger charge is -2.31. The molecule has 2 aromatic rings. The van der Waals surface area contributed by atoms with Crippen LogP contribution in [-0.4, -0.2) is 35.6 Å². The summed E-state index contributed by atoms with van der Waals surface area (Å²) < 4.78 is 0. The van der Waals surface area contributed by atoms with Crippen LogP contribution in [0.3, 0.4) is 0 Å². The lowest BCUT2D eigenvalue weighted by molar-refractivity contribution is 0.455. The van der Waals surface area contributed by atoms with Gasteiger partial charge >= 0.3 is 0 Å². The monoisotopic (exact) mass is 407 g/mol. The molecular formula is C24H33N5O. The van der Waals surface area contributed by atoms with Crippen LogP contribution in [0.15, 0.2) is 55.1 Å². The molecule has 1 aliphatic rings. The molecule has 3 rings (SSSR count). The second-order valence-corrected chi connectivity index (χ2v) is 8.11. The lowest BCUT2D eigenvalue weighted by Crippen LogP contribution is -2.41. The van der Waals surface area contributed by atoms with Gasteiger partial charge in [0.1, 0.15) is 17.4 Å². The van der Waals surface area contributed by atoms with E-state index in [2.05, 4.69) is 22.2 Å². The van der Waals surface area contributed by atoms with Gasteiger partial charge in [-0.05, 0) is 63.9 Å².